The standard InChI is InChI=1S/C18H25N5O/c1-3-16-14-17(21-18(20-16)15-4-6-19-7-5-15)22(2)8-9-23-10-12-24-13-11-23/h4-7,14H,3,8-13H2,1-2H3. The molecule has 0 radical (unpaired) electrons. The van der Waals surface area contributed by atoms with Gasteiger partial charge < -0.3 is 9.64 Å². The monoisotopic (exact) mass is 327 g/mol. The summed E-state index contributed by atoms with van der Waals surface area (Å²) in [6.07, 6.45) is 4.45. The van der Waals surface area contributed by atoms with Crippen LogP contribution in [0.25, 0.3) is 11.4 Å². The molecule has 0 bridgehead atoms. The van der Waals surface area contributed by atoms with Crippen LogP contribution in [0.15, 0.2) is 30.6 Å². The lowest BCUT2D eigenvalue weighted by atomic mass is 10.2. The number of morpholine rings is 1. The van der Waals surface area contributed by atoms with Gasteiger partial charge in [-0.15, -0.1) is 0 Å². The van der Waals surface area contributed by atoms with Gasteiger partial charge in [-0.3, -0.25) is 9.88 Å². The Morgan fingerprint density at radius 1 is 1.17 bits per heavy atom. The average molecular weight is 327 g/mol. The van der Waals surface area contributed by atoms with Crippen LogP contribution in [0.3, 0.4) is 0 Å². The molecular formula is C18H25N5O. The van der Waals surface area contributed by atoms with Crippen molar-refractivity contribution in [3.05, 3.63) is 36.3 Å². The molecule has 6 heteroatoms. The van der Waals surface area contributed by atoms with Gasteiger partial charge in [-0.2, -0.15) is 0 Å². The number of hydrogen-bond acceptors (Lipinski definition) is 6. The van der Waals surface area contributed by atoms with Gasteiger partial charge in [0.15, 0.2) is 5.82 Å². The van der Waals surface area contributed by atoms with Gasteiger partial charge in [-0.1, -0.05) is 6.92 Å². The van der Waals surface area contributed by atoms with Gasteiger partial charge in [-0.05, 0) is 18.6 Å². The molecule has 128 valence electrons. The smallest absolute Gasteiger partial charge is 0.161 e. The number of likely N-dealkylation sites (N-methyl/N-ethyl adjacent to an activating group) is 1. The molecule has 1 aliphatic heterocycles. The van der Waals surface area contributed by atoms with Gasteiger partial charge in [0.25, 0.3) is 0 Å². The number of hydrogen-bond donors (Lipinski definition) is 0. The van der Waals surface area contributed by atoms with E-state index in [1.54, 1.807) is 12.4 Å². The molecule has 0 amide bonds. The molecule has 2 aromatic heterocycles. The SMILES string of the molecule is CCc1cc(N(C)CCN2CCOCC2)nc(-c2ccncc2)n1. The van der Waals surface area contributed by atoms with E-state index >= 15 is 0 Å². The molecule has 0 aliphatic carbocycles. The maximum absolute atomic E-state index is 5.41. The van der Waals surface area contributed by atoms with Gasteiger partial charge in [0, 0.05) is 62.9 Å². The maximum Gasteiger partial charge on any atom is 0.161 e. The van der Waals surface area contributed by atoms with Crippen molar-refractivity contribution < 1.29 is 4.74 Å². The van der Waals surface area contributed by atoms with Gasteiger partial charge in [0.05, 0.1) is 13.2 Å². The first-order chi connectivity index (χ1) is 11.8. The molecule has 1 saturated heterocycles. The number of pyridine rings is 1. The molecule has 3 rings (SSSR count). The summed E-state index contributed by atoms with van der Waals surface area (Å²) in [6.45, 7) is 7.79. The van der Waals surface area contributed by atoms with E-state index in [0.717, 1.165) is 68.7 Å². The van der Waals surface area contributed by atoms with Crippen molar-refractivity contribution in [2.24, 2.45) is 0 Å². The molecule has 1 aliphatic rings. The van der Waals surface area contributed by atoms with E-state index in [1.165, 1.54) is 0 Å². The van der Waals surface area contributed by atoms with Crippen molar-refractivity contribution in [3.63, 3.8) is 0 Å². The summed E-state index contributed by atoms with van der Waals surface area (Å²) in [6, 6.07) is 5.99. The number of aromatic nitrogens is 3. The minimum absolute atomic E-state index is 0.768. The fraction of sp³-hybridized carbons (Fsp3) is 0.500. The van der Waals surface area contributed by atoms with E-state index in [4.69, 9.17) is 9.72 Å². The summed E-state index contributed by atoms with van der Waals surface area (Å²) >= 11 is 0. The molecule has 2 aromatic rings. The zero-order valence-electron chi connectivity index (χ0n) is 14.5. The minimum Gasteiger partial charge on any atom is -0.379 e. The zero-order valence-corrected chi connectivity index (χ0v) is 14.5. The molecule has 0 aromatic carbocycles. The van der Waals surface area contributed by atoms with Crippen LogP contribution < -0.4 is 4.90 Å². The van der Waals surface area contributed by atoms with Crippen LogP contribution in [0.2, 0.25) is 0 Å². The lowest BCUT2D eigenvalue weighted by Crippen LogP contribution is -2.40. The fourth-order valence-electron chi connectivity index (χ4n) is 2.72. The number of rotatable bonds is 6. The first kappa shape index (κ1) is 16.8. The van der Waals surface area contributed by atoms with Crippen molar-refractivity contribution in [2.75, 3.05) is 51.3 Å². The highest BCUT2D eigenvalue weighted by atomic mass is 16.5. The highest BCUT2D eigenvalue weighted by molar-refractivity contribution is 5.57. The summed E-state index contributed by atoms with van der Waals surface area (Å²) in [5.74, 6) is 1.74. The van der Waals surface area contributed by atoms with Crippen LogP contribution >= 0.6 is 0 Å². The molecule has 6 nitrogen and oxygen atoms in total. The Hall–Kier alpha value is -2.05. The largest absolute Gasteiger partial charge is 0.379 e. The van der Waals surface area contributed by atoms with Crippen molar-refractivity contribution in [3.8, 4) is 11.4 Å². The second-order valence-corrected chi connectivity index (χ2v) is 6.01. The van der Waals surface area contributed by atoms with Gasteiger partial charge >= 0.3 is 0 Å². The van der Waals surface area contributed by atoms with Crippen molar-refractivity contribution in [2.45, 2.75) is 13.3 Å². The summed E-state index contributed by atoms with van der Waals surface area (Å²) in [4.78, 5) is 18.1. The van der Waals surface area contributed by atoms with Crippen LogP contribution in [0.5, 0.6) is 0 Å². The quantitative estimate of drug-likeness (QED) is 0.807. The van der Waals surface area contributed by atoms with Crippen molar-refractivity contribution in [1.29, 1.82) is 0 Å². The number of nitrogens with zero attached hydrogens (tertiary/aromatic N) is 5. The van der Waals surface area contributed by atoms with E-state index in [-0.39, 0.29) is 0 Å². The molecule has 24 heavy (non-hydrogen) atoms. The molecule has 0 saturated carbocycles. The summed E-state index contributed by atoms with van der Waals surface area (Å²) in [5, 5.41) is 0. The molecular weight excluding hydrogens is 302 g/mol. The Morgan fingerprint density at radius 2 is 1.92 bits per heavy atom. The predicted octanol–water partition coefficient (Wildman–Crippen LogP) is 1.87. The second-order valence-electron chi connectivity index (χ2n) is 6.01. The Kier molecular flexibility index (Phi) is 5.72. The van der Waals surface area contributed by atoms with E-state index < -0.39 is 0 Å². The lowest BCUT2D eigenvalue weighted by molar-refractivity contribution is 0.0393. The van der Waals surface area contributed by atoms with E-state index in [1.807, 2.05) is 12.1 Å². The van der Waals surface area contributed by atoms with Crippen molar-refractivity contribution in [1.82, 2.24) is 19.9 Å². The normalized spacial score (nSPS) is 15.4. The average Bonchev–Trinajstić information content (AvgIpc) is 2.67. The third-order valence-electron chi connectivity index (χ3n) is 4.31. The van der Waals surface area contributed by atoms with Gasteiger partial charge in [0.1, 0.15) is 5.82 Å². The second kappa shape index (κ2) is 8.17. The van der Waals surface area contributed by atoms with E-state index in [0.29, 0.717) is 0 Å². The molecule has 0 spiro atoms. The van der Waals surface area contributed by atoms with Crippen LogP contribution in [0.1, 0.15) is 12.6 Å². The molecule has 0 unspecified atom stereocenters. The maximum atomic E-state index is 5.41. The van der Waals surface area contributed by atoms with Gasteiger partial charge in [-0.25, -0.2) is 9.97 Å². The molecule has 0 N–H and O–H groups in total. The van der Waals surface area contributed by atoms with Crippen LogP contribution in [0.4, 0.5) is 5.82 Å². The topological polar surface area (TPSA) is 54.4 Å². The fourth-order valence-corrected chi connectivity index (χ4v) is 2.72. The summed E-state index contributed by atoms with van der Waals surface area (Å²) in [5.41, 5.74) is 2.06. The number of anilines is 1. The first-order valence-corrected chi connectivity index (χ1v) is 8.56. The Bertz CT molecular complexity index is 643. The zero-order chi connectivity index (χ0) is 16.8. The first-order valence-electron chi connectivity index (χ1n) is 8.56. The van der Waals surface area contributed by atoms with Crippen LogP contribution in [-0.4, -0.2) is 66.3 Å². The van der Waals surface area contributed by atoms with Crippen LogP contribution in [-0.2, 0) is 11.2 Å². The summed E-state index contributed by atoms with van der Waals surface area (Å²) < 4.78 is 5.41. The summed E-state index contributed by atoms with van der Waals surface area (Å²) in [7, 11) is 2.10. The van der Waals surface area contributed by atoms with Crippen molar-refractivity contribution >= 4 is 5.82 Å². The highest BCUT2D eigenvalue weighted by Crippen LogP contribution is 2.19. The number of aryl methyl sites for hydroxylation is 1. The predicted molar refractivity (Wildman–Crippen MR) is 95.2 cm³/mol. The van der Waals surface area contributed by atoms with Gasteiger partial charge in [0.2, 0.25) is 0 Å². The third kappa shape index (κ3) is 4.27. The molecule has 0 atom stereocenters. The van der Waals surface area contributed by atoms with Crippen LogP contribution in [0, 0.1) is 0 Å². The molecule has 3 heterocycles. The highest BCUT2D eigenvalue weighted by Gasteiger charge is 2.13. The lowest BCUT2D eigenvalue weighted by Gasteiger charge is -2.29. The minimum atomic E-state index is 0.768. The Balaban J connectivity index is 1.73. The Labute approximate surface area is 143 Å². The third-order valence-corrected chi connectivity index (χ3v) is 4.31. The van der Waals surface area contributed by atoms with E-state index in [9.17, 15) is 0 Å². The number of ether oxygens (including phenoxy) is 1. The van der Waals surface area contributed by atoms with E-state index in [2.05, 4.69) is 39.8 Å². The molecule has 1 fully saturated rings. The Morgan fingerprint density at radius 3 is 2.62 bits per heavy atom.